The fourth-order valence-electron chi connectivity index (χ4n) is 3.23. The Hall–Kier alpha value is -1.06. The van der Waals surface area contributed by atoms with E-state index in [9.17, 15) is 14.7 Å². The van der Waals surface area contributed by atoms with E-state index in [1.807, 2.05) is 18.7 Å². The van der Waals surface area contributed by atoms with Crippen LogP contribution in [0.25, 0.3) is 0 Å². The van der Waals surface area contributed by atoms with Crippen LogP contribution in [-0.4, -0.2) is 35.0 Å². The highest BCUT2D eigenvalue weighted by Gasteiger charge is 2.66. The molecular weight excluding hydrogens is 242 g/mol. The highest BCUT2D eigenvalue weighted by atomic mass is 16.4. The SMILES string of the molecule is CC1(C)[C@H](C(=O)O)[C@@H]1C(=O)N(CC1CC1)CC1CC1. The second kappa shape index (κ2) is 4.22. The van der Waals surface area contributed by atoms with Crippen molar-refractivity contribution in [1.29, 1.82) is 0 Å². The molecular formula is C15H23NO3. The molecule has 0 saturated heterocycles. The summed E-state index contributed by atoms with van der Waals surface area (Å²) < 4.78 is 0. The third-order valence-electron chi connectivity index (χ3n) is 5.02. The molecule has 0 bridgehead atoms. The lowest BCUT2D eigenvalue weighted by molar-refractivity contribution is -0.142. The summed E-state index contributed by atoms with van der Waals surface area (Å²) in [5.74, 6) is -0.165. The molecule has 4 nitrogen and oxygen atoms in total. The predicted molar refractivity (Wildman–Crippen MR) is 70.4 cm³/mol. The van der Waals surface area contributed by atoms with Gasteiger partial charge in [-0.1, -0.05) is 13.8 Å². The summed E-state index contributed by atoms with van der Waals surface area (Å²) in [6.07, 6.45) is 4.91. The van der Waals surface area contributed by atoms with E-state index < -0.39 is 11.9 Å². The third-order valence-corrected chi connectivity index (χ3v) is 5.02. The predicted octanol–water partition coefficient (Wildman–Crippen LogP) is 1.99. The van der Waals surface area contributed by atoms with Gasteiger partial charge in [0.15, 0.2) is 0 Å². The first-order valence-electron chi connectivity index (χ1n) is 7.43. The van der Waals surface area contributed by atoms with Gasteiger partial charge in [-0.3, -0.25) is 9.59 Å². The molecule has 0 aliphatic heterocycles. The number of amides is 1. The summed E-state index contributed by atoms with van der Waals surface area (Å²) in [5.41, 5.74) is -0.367. The van der Waals surface area contributed by atoms with Crippen molar-refractivity contribution in [3.05, 3.63) is 0 Å². The van der Waals surface area contributed by atoms with Gasteiger partial charge in [-0.25, -0.2) is 0 Å². The first kappa shape index (κ1) is 12.9. The van der Waals surface area contributed by atoms with Gasteiger partial charge >= 0.3 is 5.97 Å². The van der Waals surface area contributed by atoms with Gasteiger partial charge in [0, 0.05) is 13.1 Å². The van der Waals surface area contributed by atoms with Crippen molar-refractivity contribution < 1.29 is 14.7 Å². The number of hydrogen-bond donors (Lipinski definition) is 1. The molecule has 1 amide bonds. The molecule has 1 N–H and O–H groups in total. The number of carbonyl (C=O) groups excluding carboxylic acids is 1. The van der Waals surface area contributed by atoms with E-state index in [0.717, 1.165) is 13.1 Å². The molecule has 2 atom stereocenters. The zero-order valence-corrected chi connectivity index (χ0v) is 11.8. The van der Waals surface area contributed by atoms with Crippen molar-refractivity contribution in [2.75, 3.05) is 13.1 Å². The van der Waals surface area contributed by atoms with Crippen molar-refractivity contribution in [1.82, 2.24) is 4.90 Å². The molecule has 0 unspecified atom stereocenters. The van der Waals surface area contributed by atoms with Gasteiger partial charge < -0.3 is 10.0 Å². The third kappa shape index (κ3) is 2.49. The van der Waals surface area contributed by atoms with E-state index >= 15 is 0 Å². The lowest BCUT2D eigenvalue weighted by Crippen LogP contribution is -2.37. The largest absolute Gasteiger partial charge is 0.481 e. The van der Waals surface area contributed by atoms with E-state index in [0.29, 0.717) is 11.8 Å². The number of hydrogen-bond acceptors (Lipinski definition) is 2. The van der Waals surface area contributed by atoms with Crippen molar-refractivity contribution in [2.45, 2.75) is 39.5 Å². The summed E-state index contributed by atoms with van der Waals surface area (Å²) in [6.45, 7) is 5.52. The zero-order chi connectivity index (χ0) is 13.8. The minimum Gasteiger partial charge on any atom is -0.481 e. The topological polar surface area (TPSA) is 57.6 Å². The second-order valence-corrected chi connectivity index (χ2v) is 7.24. The van der Waals surface area contributed by atoms with Gasteiger partial charge in [0.25, 0.3) is 0 Å². The quantitative estimate of drug-likeness (QED) is 0.799. The fourth-order valence-corrected chi connectivity index (χ4v) is 3.23. The molecule has 3 aliphatic carbocycles. The monoisotopic (exact) mass is 265 g/mol. The standard InChI is InChI=1S/C15H23NO3/c1-15(2)11(12(15)14(18)19)13(17)16(7-9-3-4-9)8-10-5-6-10/h9-12H,3-8H2,1-2H3,(H,18,19)/t11-,12+/m1/s1. The molecule has 3 saturated carbocycles. The van der Waals surface area contributed by atoms with Gasteiger partial charge in [0.1, 0.15) is 0 Å². The molecule has 0 radical (unpaired) electrons. The van der Waals surface area contributed by atoms with Crippen LogP contribution in [0.1, 0.15) is 39.5 Å². The zero-order valence-electron chi connectivity index (χ0n) is 11.8. The van der Waals surface area contributed by atoms with Crippen LogP contribution in [0.15, 0.2) is 0 Å². The first-order valence-corrected chi connectivity index (χ1v) is 7.43. The van der Waals surface area contributed by atoms with Crippen LogP contribution < -0.4 is 0 Å². The average Bonchev–Trinajstić information content (AvgIpc) is 3.13. The van der Waals surface area contributed by atoms with Crippen molar-refractivity contribution >= 4 is 11.9 Å². The molecule has 0 aromatic rings. The molecule has 0 aromatic carbocycles. The lowest BCUT2D eigenvalue weighted by atomic mass is 10.1. The van der Waals surface area contributed by atoms with E-state index in [4.69, 9.17) is 0 Å². The molecule has 0 spiro atoms. The maximum absolute atomic E-state index is 12.6. The van der Waals surface area contributed by atoms with Crippen LogP contribution in [-0.2, 0) is 9.59 Å². The van der Waals surface area contributed by atoms with Gasteiger partial charge in [-0.15, -0.1) is 0 Å². The molecule has 0 aromatic heterocycles. The highest BCUT2D eigenvalue weighted by Crippen LogP contribution is 2.59. The van der Waals surface area contributed by atoms with Crippen LogP contribution in [0.4, 0.5) is 0 Å². The van der Waals surface area contributed by atoms with Gasteiger partial charge in [-0.05, 0) is 42.9 Å². The van der Waals surface area contributed by atoms with Gasteiger partial charge in [0.2, 0.25) is 5.91 Å². The Morgan fingerprint density at radius 3 is 1.84 bits per heavy atom. The Morgan fingerprint density at radius 2 is 1.53 bits per heavy atom. The summed E-state index contributed by atoms with van der Waals surface area (Å²) in [7, 11) is 0. The number of carboxylic acids is 1. The van der Waals surface area contributed by atoms with Crippen molar-refractivity contribution in [3.8, 4) is 0 Å². The summed E-state index contributed by atoms with van der Waals surface area (Å²) >= 11 is 0. The summed E-state index contributed by atoms with van der Waals surface area (Å²) in [4.78, 5) is 25.8. The Kier molecular flexibility index (Phi) is 2.88. The minimum atomic E-state index is -0.818. The molecule has 0 heterocycles. The van der Waals surface area contributed by atoms with Crippen molar-refractivity contribution in [2.24, 2.45) is 29.1 Å². The number of carboxylic acid groups (broad SMARTS) is 1. The molecule has 19 heavy (non-hydrogen) atoms. The Bertz CT molecular complexity index is 396. The minimum absolute atomic E-state index is 0.0937. The Balaban J connectivity index is 1.67. The van der Waals surface area contributed by atoms with E-state index in [-0.39, 0.29) is 17.2 Å². The van der Waals surface area contributed by atoms with Crippen LogP contribution in [0.5, 0.6) is 0 Å². The van der Waals surface area contributed by atoms with Crippen LogP contribution >= 0.6 is 0 Å². The van der Waals surface area contributed by atoms with Crippen molar-refractivity contribution in [3.63, 3.8) is 0 Å². The van der Waals surface area contributed by atoms with E-state index in [1.165, 1.54) is 25.7 Å². The summed E-state index contributed by atoms with van der Waals surface area (Å²) in [5, 5.41) is 9.21. The van der Waals surface area contributed by atoms with Gasteiger partial charge in [-0.2, -0.15) is 0 Å². The molecule has 3 fully saturated rings. The maximum Gasteiger partial charge on any atom is 0.307 e. The Morgan fingerprint density at radius 1 is 1.05 bits per heavy atom. The smallest absolute Gasteiger partial charge is 0.307 e. The van der Waals surface area contributed by atoms with Gasteiger partial charge in [0.05, 0.1) is 11.8 Å². The molecule has 3 rings (SSSR count). The fraction of sp³-hybridized carbons (Fsp3) is 0.867. The lowest BCUT2D eigenvalue weighted by Gasteiger charge is -2.23. The highest BCUT2D eigenvalue weighted by molar-refractivity contribution is 5.91. The van der Waals surface area contributed by atoms with Crippen LogP contribution in [0.3, 0.4) is 0 Å². The molecule has 4 heteroatoms. The average molecular weight is 265 g/mol. The first-order chi connectivity index (χ1) is 8.91. The maximum atomic E-state index is 12.6. The normalized spacial score (nSPS) is 31.9. The number of rotatable bonds is 6. The van der Waals surface area contributed by atoms with E-state index in [1.54, 1.807) is 0 Å². The number of nitrogens with zero attached hydrogens (tertiary/aromatic N) is 1. The second-order valence-electron chi connectivity index (χ2n) is 7.24. The number of carbonyl (C=O) groups is 2. The van der Waals surface area contributed by atoms with Crippen LogP contribution in [0, 0.1) is 29.1 Å². The number of aliphatic carboxylic acids is 1. The van der Waals surface area contributed by atoms with E-state index in [2.05, 4.69) is 0 Å². The molecule has 3 aliphatic rings. The Labute approximate surface area is 114 Å². The van der Waals surface area contributed by atoms with Crippen LogP contribution in [0.2, 0.25) is 0 Å². The summed E-state index contributed by atoms with van der Waals surface area (Å²) in [6, 6.07) is 0. The molecule has 106 valence electrons.